The Morgan fingerprint density at radius 3 is 2.44 bits per heavy atom. The number of methoxy groups -OCH3 is 3. The van der Waals surface area contributed by atoms with Crippen LogP contribution in [0, 0.1) is 0 Å². The lowest BCUT2D eigenvalue weighted by molar-refractivity contribution is 0.349. The molecule has 132 valence electrons. The first kappa shape index (κ1) is 17.7. The van der Waals surface area contributed by atoms with Gasteiger partial charge in [-0.25, -0.2) is 4.98 Å². The molecule has 0 amide bonds. The SMILES string of the molecule is COc1cc(OC)c(-c2cnc(CNCc3cccs3)s2)cc1OC. The van der Waals surface area contributed by atoms with Gasteiger partial charge in [0.1, 0.15) is 10.8 Å². The Bertz CT molecular complexity index is 816. The molecule has 0 atom stereocenters. The van der Waals surface area contributed by atoms with Crippen LogP contribution in [-0.2, 0) is 13.1 Å². The first-order valence-corrected chi connectivity index (χ1v) is 9.43. The fourth-order valence-corrected chi connectivity index (χ4v) is 4.03. The van der Waals surface area contributed by atoms with Gasteiger partial charge in [-0.2, -0.15) is 0 Å². The van der Waals surface area contributed by atoms with Gasteiger partial charge in [-0.15, -0.1) is 22.7 Å². The molecule has 0 bridgehead atoms. The molecule has 25 heavy (non-hydrogen) atoms. The van der Waals surface area contributed by atoms with Crippen LogP contribution in [0.25, 0.3) is 10.4 Å². The molecule has 7 heteroatoms. The first-order chi connectivity index (χ1) is 12.2. The van der Waals surface area contributed by atoms with Crippen molar-refractivity contribution in [3.63, 3.8) is 0 Å². The van der Waals surface area contributed by atoms with Gasteiger partial charge in [0.05, 0.1) is 26.2 Å². The predicted octanol–water partition coefficient (Wildman–Crippen LogP) is 4.19. The second kappa shape index (κ2) is 8.33. The van der Waals surface area contributed by atoms with Crippen molar-refractivity contribution < 1.29 is 14.2 Å². The highest BCUT2D eigenvalue weighted by molar-refractivity contribution is 7.15. The predicted molar refractivity (Wildman–Crippen MR) is 102 cm³/mol. The summed E-state index contributed by atoms with van der Waals surface area (Å²) in [7, 11) is 4.89. The summed E-state index contributed by atoms with van der Waals surface area (Å²) in [6.45, 7) is 1.59. The van der Waals surface area contributed by atoms with Crippen molar-refractivity contribution >= 4 is 22.7 Å². The van der Waals surface area contributed by atoms with Gasteiger partial charge in [0.25, 0.3) is 0 Å². The Morgan fingerprint density at radius 2 is 1.76 bits per heavy atom. The van der Waals surface area contributed by atoms with Crippen LogP contribution in [0.5, 0.6) is 17.2 Å². The zero-order valence-corrected chi connectivity index (χ0v) is 16.0. The summed E-state index contributed by atoms with van der Waals surface area (Å²) < 4.78 is 16.3. The van der Waals surface area contributed by atoms with E-state index in [1.165, 1.54) is 4.88 Å². The van der Waals surface area contributed by atoms with E-state index in [1.807, 2.05) is 18.3 Å². The number of nitrogens with one attached hydrogen (secondary N) is 1. The molecule has 0 aliphatic heterocycles. The highest BCUT2D eigenvalue weighted by atomic mass is 32.1. The van der Waals surface area contributed by atoms with Gasteiger partial charge in [0.15, 0.2) is 11.5 Å². The van der Waals surface area contributed by atoms with E-state index in [0.29, 0.717) is 11.5 Å². The summed E-state index contributed by atoms with van der Waals surface area (Å²) in [5.74, 6) is 2.05. The third kappa shape index (κ3) is 4.12. The molecule has 5 nitrogen and oxygen atoms in total. The van der Waals surface area contributed by atoms with Gasteiger partial charge < -0.3 is 19.5 Å². The highest BCUT2D eigenvalue weighted by Crippen LogP contribution is 2.41. The van der Waals surface area contributed by atoms with Gasteiger partial charge in [-0.05, 0) is 17.5 Å². The van der Waals surface area contributed by atoms with Crippen molar-refractivity contribution in [1.82, 2.24) is 10.3 Å². The van der Waals surface area contributed by atoms with Crippen LogP contribution in [0.1, 0.15) is 9.88 Å². The minimum absolute atomic E-state index is 0.644. The van der Waals surface area contributed by atoms with Gasteiger partial charge in [0, 0.05) is 35.8 Å². The molecule has 0 aliphatic carbocycles. The summed E-state index contributed by atoms with van der Waals surface area (Å²) in [6.07, 6.45) is 1.87. The van der Waals surface area contributed by atoms with Crippen molar-refractivity contribution in [3.05, 3.63) is 45.7 Å². The van der Waals surface area contributed by atoms with Crippen LogP contribution >= 0.6 is 22.7 Å². The summed E-state index contributed by atoms with van der Waals surface area (Å²) in [5.41, 5.74) is 0.946. The zero-order chi connectivity index (χ0) is 17.6. The molecule has 0 saturated carbocycles. The van der Waals surface area contributed by atoms with Crippen LogP contribution in [-0.4, -0.2) is 26.3 Å². The molecule has 2 aromatic heterocycles. The first-order valence-electron chi connectivity index (χ1n) is 7.73. The van der Waals surface area contributed by atoms with Crippen LogP contribution in [0.2, 0.25) is 0 Å². The van der Waals surface area contributed by atoms with Gasteiger partial charge >= 0.3 is 0 Å². The molecule has 0 unspecified atom stereocenters. The van der Waals surface area contributed by atoms with Crippen LogP contribution in [0.3, 0.4) is 0 Å². The maximum atomic E-state index is 5.51. The zero-order valence-electron chi connectivity index (χ0n) is 14.4. The summed E-state index contributed by atoms with van der Waals surface area (Å²) in [5, 5.41) is 6.54. The smallest absolute Gasteiger partial charge is 0.164 e. The fraction of sp³-hybridized carbons (Fsp3) is 0.278. The Kier molecular flexibility index (Phi) is 5.91. The van der Waals surface area contributed by atoms with Crippen LogP contribution < -0.4 is 19.5 Å². The van der Waals surface area contributed by atoms with E-state index in [2.05, 4.69) is 27.8 Å². The second-order valence-corrected chi connectivity index (χ2v) is 7.36. The lowest BCUT2D eigenvalue weighted by Crippen LogP contribution is -2.11. The van der Waals surface area contributed by atoms with E-state index < -0.39 is 0 Å². The molecule has 0 spiro atoms. The Morgan fingerprint density at radius 1 is 1.00 bits per heavy atom. The number of hydrogen-bond acceptors (Lipinski definition) is 7. The minimum Gasteiger partial charge on any atom is -0.496 e. The number of thiazole rings is 1. The maximum absolute atomic E-state index is 5.51. The van der Waals surface area contributed by atoms with E-state index in [-0.39, 0.29) is 0 Å². The molecule has 3 aromatic rings. The Labute approximate surface area is 155 Å². The van der Waals surface area contributed by atoms with Crippen molar-refractivity contribution in [3.8, 4) is 27.7 Å². The number of aromatic nitrogens is 1. The largest absolute Gasteiger partial charge is 0.496 e. The number of nitrogens with zero attached hydrogens (tertiary/aromatic N) is 1. The molecule has 0 fully saturated rings. The molecular formula is C18H20N2O3S2. The van der Waals surface area contributed by atoms with Crippen molar-refractivity contribution in [2.45, 2.75) is 13.1 Å². The average Bonchev–Trinajstić information content (AvgIpc) is 3.32. The van der Waals surface area contributed by atoms with E-state index in [1.54, 1.807) is 44.0 Å². The average molecular weight is 377 g/mol. The summed E-state index contributed by atoms with van der Waals surface area (Å²) in [4.78, 5) is 6.87. The molecule has 1 N–H and O–H groups in total. The summed E-state index contributed by atoms with van der Waals surface area (Å²) >= 11 is 3.39. The number of thiophene rings is 1. The maximum Gasteiger partial charge on any atom is 0.164 e. The highest BCUT2D eigenvalue weighted by Gasteiger charge is 2.15. The van der Waals surface area contributed by atoms with Crippen molar-refractivity contribution in [2.24, 2.45) is 0 Å². The quantitative estimate of drug-likeness (QED) is 0.639. The Balaban J connectivity index is 1.76. The van der Waals surface area contributed by atoms with Gasteiger partial charge in [-0.3, -0.25) is 0 Å². The molecule has 1 aromatic carbocycles. The van der Waals surface area contributed by atoms with E-state index in [0.717, 1.165) is 34.3 Å². The van der Waals surface area contributed by atoms with E-state index >= 15 is 0 Å². The fourth-order valence-electron chi connectivity index (χ4n) is 2.44. The monoisotopic (exact) mass is 376 g/mol. The number of hydrogen-bond donors (Lipinski definition) is 1. The molecule has 0 saturated heterocycles. The molecule has 2 heterocycles. The van der Waals surface area contributed by atoms with Crippen LogP contribution in [0.15, 0.2) is 35.8 Å². The van der Waals surface area contributed by atoms with Crippen LogP contribution in [0.4, 0.5) is 0 Å². The normalized spacial score (nSPS) is 10.7. The molecule has 0 aliphatic rings. The van der Waals surface area contributed by atoms with Gasteiger partial charge in [-0.1, -0.05) is 6.07 Å². The van der Waals surface area contributed by atoms with Gasteiger partial charge in [0.2, 0.25) is 0 Å². The van der Waals surface area contributed by atoms with E-state index in [9.17, 15) is 0 Å². The van der Waals surface area contributed by atoms with Crippen molar-refractivity contribution in [2.75, 3.05) is 21.3 Å². The summed E-state index contributed by atoms with van der Waals surface area (Å²) in [6, 6.07) is 7.95. The lowest BCUT2D eigenvalue weighted by Gasteiger charge is -2.12. The second-order valence-electron chi connectivity index (χ2n) is 5.21. The molecular weight excluding hydrogens is 356 g/mol. The molecule has 3 rings (SSSR count). The standard InChI is InChI=1S/C18H20N2O3S2/c1-21-14-8-16(23-3)15(22-2)7-13(14)17-10-20-18(25-17)11-19-9-12-5-4-6-24-12/h4-8,10,19H,9,11H2,1-3H3. The third-order valence-corrected chi connectivity index (χ3v) is 5.59. The lowest BCUT2D eigenvalue weighted by atomic mass is 10.1. The van der Waals surface area contributed by atoms with Crippen molar-refractivity contribution in [1.29, 1.82) is 0 Å². The third-order valence-electron chi connectivity index (χ3n) is 3.68. The number of benzene rings is 1. The number of ether oxygens (including phenoxy) is 3. The minimum atomic E-state index is 0.644. The van der Waals surface area contributed by atoms with E-state index in [4.69, 9.17) is 14.2 Å². The number of rotatable bonds is 8. The Hall–Kier alpha value is -2.09. The topological polar surface area (TPSA) is 52.6 Å². The molecule has 0 radical (unpaired) electrons.